The van der Waals surface area contributed by atoms with Crippen molar-refractivity contribution in [3.63, 3.8) is 0 Å². The quantitative estimate of drug-likeness (QED) is 0.743. The van der Waals surface area contributed by atoms with E-state index >= 15 is 0 Å². The lowest BCUT2D eigenvalue weighted by molar-refractivity contribution is 0.0655. The van der Waals surface area contributed by atoms with Crippen LogP contribution in [0.5, 0.6) is 11.5 Å². The predicted octanol–water partition coefficient (Wildman–Crippen LogP) is 1.32. The molecular formula is C19H20N4O4. The normalized spacial score (nSPS) is 16.9. The standard InChI is InChI=1S/C19H20N4O4/c1-26-16-7-8-17(27-2)18-13(16)9-22(10-15(18)24)11-23-19(25)12-5-3-4-6-14(12)20-21-23/h3-8,15,24H,9-11H2,1-2H3/t15-/m0/s1. The summed E-state index contributed by atoms with van der Waals surface area (Å²) < 4.78 is 12.2. The zero-order valence-corrected chi connectivity index (χ0v) is 15.1. The van der Waals surface area contributed by atoms with Crippen LogP contribution in [0.1, 0.15) is 17.2 Å². The van der Waals surface area contributed by atoms with Gasteiger partial charge in [0.05, 0.1) is 32.4 Å². The van der Waals surface area contributed by atoms with E-state index < -0.39 is 6.10 Å². The molecular weight excluding hydrogens is 348 g/mol. The van der Waals surface area contributed by atoms with Crippen LogP contribution in [0.25, 0.3) is 10.9 Å². The number of aliphatic hydroxyl groups excluding tert-OH is 1. The van der Waals surface area contributed by atoms with Crippen molar-refractivity contribution in [2.75, 3.05) is 20.8 Å². The summed E-state index contributed by atoms with van der Waals surface area (Å²) in [5.41, 5.74) is 1.93. The lowest BCUT2D eigenvalue weighted by Crippen LogP contribution is -2.39. The third-order valence-electron chi connectivity index (χ3n) is 4.82. The number of aromatic nitrogens is 3. The Kier molecular flexibility index (Phi) is 4.51. The molecule has 1 aliphatic rings. The molecule has 0 amide bonds. The zero-order valence-electron chi connectivity index (χ0n) is 15.1. The van der Waals surface area contributed by atoms with Gasteiger partial charge in [-0.25, -0.2) is 0 Å². The molecule has 3 aromatic rings. The number of benzene rings is 2. The Morgan fingerprint density at radius 2 is 1.89 bits per heavy atom. The van der Waals surface area contributed by atoms with Crippen LogP contribution in [0.2, 0.25) is 0 Å². The molecule has 2 heterocycles. The van der Waals surface area contributed by atoms with Gasteiger partial charge in [0.25, 0.3) is 5.56 Å². The number of hydrogen-bond acceptors (Lipinski definition) is 7. The van der Waals surface area contributed by atoms with Crippen molar-refractivity contribution < 1.29 is 14.6 Å². The molecule has 0 bridgehead atoms. The van der Waals surface area contributed by atoms with Crippen LogP contribution < -0.4 is 15.0 Å². The summed E-state index contributed by atoms with van der Waals surface area (Å²) >= 11 is 0. The van der Waals surface area contributed by atoms with Crippen LogP contribution in [-0.2, 0) is 13.2 Å². The second kappa shape index (κ2) is 6.98. The second-order valence-corrected chi connectivity index (χ2v) is 6.44. The molecule has 1 N–H and O–H groups in total. The molecule has 0 radical (unpaired) electrons. The third kappa shape index (κ3) is 3.02. The van der Waals surface area contributed by atoms with Gasteiger partial charge in [0.15, 0.2) is 0 Å². The first kappa shape index (κ1) is 17.4. The molecule has 8 nitrogen and oxygen atoms in total. The number of fused-ring (bicyclic) bond motifs is 2. The molecule has 4 rings (SSSR count). The molecule has 0 saturated carbocycles. The predicted molar refractivity (Wildman–Crippen MR) is 98.7 cm³/mol. The van der Waals surface area contributed by atoms with Gasteiger partial charge in [-0.2, -0.15) is 4.68 Å². The van der Waals surface area contributed by atoms with Gasteiger partial charge in [-0.05, 0) is 24.3 Å². The number of nitrogens with zero attached hydrogens (tertiary/aromatic N) is 4. The minimum Gasteiger partial charge on any atom is -0.496 e. The number of β-amino-alcohol motifs (C(OH)–C–C–N with tert-alkyl or cyclic N) is 1. The van der Waals surface area contributed by atoms with Crippen LogP contribution in [0, 0.1) is 0 Å². The monoisotopic (exact) mass is 368 g/mol. The van der Waals surface area contributed by atoms with Crippen LogP contribution in [-0.4, -0.2) is 45.8 Å². The summed E-state index contributed by atoms with van der Waals surface area (Å²) in [4.78, 5) is 14.6. The fourth-order valence-corrected chi connectivity index (χ4v) is 3.56. The molecule has 1 aromatic heterocycles. The van der Waals surface area contributed by atoms with Gasteiger partial charge < -0.3 is 14.6 Å². The van der Waals surface area contributed by atoms with Crippen LogP contribution in [0.15, 0.2) is 41.2 Å². The molecule has 2 aromatic carbocycles. The van der Waals surface area contributed by atoms with E-state index in [4.69, 9.17) is 9.47 Å². The first-order valence-electron chi connectivity index (χ1n) is 8.59. The molecule has 1 atom stereocenters. The maximum atomic E-state index is 12.7. The molecule has 140 valence electrons. The summed E-state index contributed by atoms with van der Waals surface area (Å²) in [6, 6.07) is 10.7. The number of rotatable bonds is 4. The fraction of sp³-hybridized carbons (Fsp3) is 0.316. The van der Waals surface area contributed by atoms with Gasteiger partial charge in [0.2, 0.25) is 0 Å². The van der Waals surface area contributed by atoms with Gasteiger partial charge in [-0.15, -0.1) is 5.10 Å². The first-order chi connectivity index (χ1) is 13.1. The van der Waals surface area contributed by atoms with E-state index in [9.17, 15) is 9.90 Å². The first-order valence-corrected chi connectivity index (χ1v) is 8.59. The van der Waals surface area contributed by atoms with E-state index in [1.165, 1.54) is 4.68 Å². The van der Waals surface area contributed by atoms with E-state index in [1.54, 1.807) is 38.5 Å². The van der Waals surface area contributed by atoms with E-state index in [-0.39, 0.29) is 12.2 Å². The summed E-state index contributed by atoms with van der Waals surface area (Å²) in [6.45, 7) is 1.05. The Morgan fingerprint density at radius 3 is 2.67 bits per heavy atom. The molecule has 0 fully saturated rings. The van der Waals surface area contributed by atoms with Crippen LogP contribution in [0.4, 0.5) is 0 Å². The summed E-state index contributed by atoms with van der Waals surface area (Å²) in [7, 11) is 3.16. The Hall–Kier alpha value is -2.97. The third-order valence-corrected chi connectivity index (χ3v) is 4.82. The molecule has 0 aliphatic carbocycles. The van der Waals surface area contributed by atoms with E-state index in [2.05, 4.69) is 10.3 Å². The van der Waals surface area contributed by atoms with Crippen molar-refractivity contribution in [1.29, 1.82) is 0 Å². The topological polar surface area (TPSA) is 89.7 Å². The van der Waals surface area contributed by atoms with Crippen molar-refractivity contribution in [1.82, 2.24) is 19.9 Å². The zero-order chi connectivity index (χ0) is 19.0. The van der Waals surface area contributed by atoms with E-state index in [0.29, 0.717) is 35.5 Å². The molecule has 0 saturated heterocycles. The molecule has 27 heavy (non-hydrogen) atoms. The highest BCUT2D eigenvalue weighted by atomic mass is 16.5. The molecule has 1 aliphatic heterocycles. The van der Waals surface area contributed by atoms with Gasteiger partial charge in [-0.1, -0.05) is 17.3 Å². The van der Waals surface area contributed by atoms with Gasteiger partial charge in [0.1, 0.15) is 17.0 Å². The van der Waals surface area contributed by atoms with E-state index in [1.807, 2.05) is 17.0 Å². The average molecular weight is 368 g/mol. The van der Waals surface area contributed by atoms with Crippen molar-refractivity contribution in [3.8, 4) is 11.5 Å². The highest BCUT2D eigenvalue weighted by molar-refractivity contribution is 5.76. The number of hydrogen-bond donors (Lipinski definition) is 1. The Morgan fingerprint density at radius 1 is 1.15 bits per heavy atom. The lowest BCUT2D eigenvalue weighted by atomic mass is 9.95. The summed E-state index contributed by atoms with van der Waals surface area (Å²) in [5, 5.41) is 19.3. The maximum Gasteiger partial charge on any atom is 0.278 e. The highest BCUT2D eigenvalue weighted by Gasteiger charge is 2.30. The van der Waals surface area contributed by atoms with Crippen LogP contribution >= 0.6 is 0 Å². The maximum absolute atomic E-state index is 12.7. The second-order valence-electron chi connectivity index (χ2n) is 6.44. The van der Waals surface area contributed by atoms with Crippen molar-refractivity contribution in [2.24, 2.45) is 0 Å². The Balaban J connectivity index is 1.68. The summed E-state index contributed by atoms with van der Waals surface area (Å²) in [5.74, 6) is 1.30. The number of ether oxygens (including phenoxy) is 2. The van der Waals surface area contributed by atoms with Gasteiger partial charge in [0, 0.05) is 24.2 Å². The summed E-state index contributed by atoms with van der Waals surface area (Å²) in [6.07, 6.45) is -0.761. The number of methoxy groups -OCH3 is 2. The van der Waals surface area contributed by atoms with Gasteiger partial charge >= 0.3 is 0 Å². The Labute approximate surface area is 155 Å². The minimum atomic E-state index is -0.761. The smallest absolute Gasteiger partial charge is 0.278 e. The van der Waals surface area contributed by atoms with Crippen molar-refractivity contribution in [3.05, 3.63) is 57.9 Å². The molecule has 8 heteroatoms. The van der Waals surface area contributed by atoms with Crippen molar-refractivity contribution in [2.45, 2.75) is 19.3 Å². The minimum absolute atomic E-state index is 0.210. The Bertz CT molecular complexity index is 1050. The molecule has 0 spiro atoms. The number of aliphatic hydroxyl groups is 1. The van der Waals surface area contributed by atoms with Gasteiger partial charge in [-0.3, -0.25) is 9.69 Å². The fourth-order valence-electron chi connectivity index (χ4n) is 3.56. The molecule has 0 unspecified atom stereocenters. The average Bonchev–Trinajstić information content (AvgIpc) is 2.69. The lowest BCUT2D eigenvalue weighted by Gasteiger charge is -2.33. The largest absolute Gasteiger partial charge is 0.496 e. The van der Waals surface area contributed by atoms with E-state index in [0.717, 1.165) is 11.1 Å². The SMILES string of the molecule is COc1ccc(OC)c2c1CN(Cn1nnc3ccccc3c1=O)C[C@@H]2O. The highest BCUT2D eigenvalue weighted by Crippen LogP contribution is 2.39. The van der Waals surface area contributed by atoms with Crippen LogP contribution in [0.3, 0.4) is 0 Å². The van der Waals surface area contributed by atoms with Crippen molar-refractivity contribution >= 4 is 10.9 Å².